The molecular formula is C25H20. The fourth-order valence-corrected chi connectivity index (χ4v) is 5.04. The summed E-state index contributed by atoms with van der Waals surface area (Å²) < 4.78 is 0. The summed E-state index contributed by atoms with van der Waals surface area (Å²) in [5.41, 5.74) is 10.9. The normalized spacial score (nSPS) is 19.3. The predicted molar refractivity (Wildman–Crippen MR) is 106 cm³/mol. The minimum atomic E-state index is -0.180. The van der Waals surface area contributed by atoms with E-state index in [4.69, 9.17) is 0 Å². The van der Waals surface area contributed by atoms with Gasteiger partial charge >= 0.3 is 0 Å². The Kier molecular flexibility index (Phi) is 2.93. The van der Waals surface area contributed by atoms with Crippen molar-refractivity contribution in [3.05, 3.63) is 113 Å². The highest BCUT2D eigenvalue weighted by Gasteiger charge is 2.52. The van der Waals surface area contributed by atoms with Crippen LogP contribution in [-0.4, -0.2) is 0 Å². The van der Waals surface area contributed by atoms with Crippen molar-refractivity contribution in [1.29, 1.82) is 0 Å². The van der Waals surface area contributed by atoms with Gasteiger partial charge in [0, 0.05) is 0 Å². The first kappa shape index (κ1) is 14.5. The van der Waals surface area contributed by atoms with Crippen molar-refractivity contribution in [2.75, 3.05) is 0 Å². The number of hydrogen-bond donors (Lipinski definition) is 0. The summed E-state index contributed by atoms with van der Waals surface area (Å²) in [5.74, 6) is 0. The van der Waals surface area contributed by atoms with Crippen molar-refractivity contribution >= 4 is 5.57 Å². The Morgan fingerprint density at radius 2 is 1.00 bits per heavy atom. The minimum Gasteiger partial charge on any atom is -0.0822 e. The third kappa shape index (κ3) is 1.57. The molecule has 0 saturated heterocycles. The van der Waals surface area contributed by atoms with E-state index in [0.29, 0.717) is 0 Å². The Balaban J connectivity index is 2.03. The number of rotatable bonds is 0. The van der Waals surface area contributed by atoms with Crippen LogP contribution in [0.4, 0.5) is 0 Å². The SMILES string of the molecule is CC=C1/C(=C\C)C2(c3ccccc31)c1ccccc1-c1ccccc12. The summed E-state index contributed by atoms with van der Waals surface area (Å²) in [5, 5.41) is 0. The fourth-order valence-electron chi connectivity index (χ4n) is 5.04. The van der Waals surface area contributed by atoms with Crippen molar-refractivity contribution in [2.24, 2.45) is 0 Å². The molecule has 1 spiro atoms. The number of hydrogen-bond acceptors (Lipinski definition) is 0. The van der Waals surface area contributed by atoms with Gasteiger partial charge in [0.25, 0.3) is 0 Å². The van der Waals surface area contributed by atoms with E-state index in [2.05, 4.69) is 98.8 Å². The van der Waals surface area contributed by atoms with Gasteiger partial charge in [0.05, 0.1) is 5.41 Å². The van der Waals surface area contributed by atoms with Crippen LogP contribution in [0, 0.1) is 0 Å². The number of allylic oxidation sites excluding steroid dienone is 4. The zero-order valence-corrected chi connectivity index (χ0v) is 14.6. The third-order valence-corrected chi connectivity index (χ3v) is 5.85. The van der Waals surface area contributed by atoms with Crippen molar-refractivity contribution in [3.63, 3.8) is 0 Å². The van der Waals surface area contributed by atoms with Gasteiger partial charge in [0.1, 0.15) is 0 Å². The molecule has 0 heterocycles. The van der Waals surface area contributed by atoms with Gasteiger partial charge in [-0.25, -0.2) is 0 Å². The molecule has 3 aromatic rings. The molecule has 5 rings (SSSR count). The molecule has 0 amide bonds. The lowest BCUT2D eigenvalue weighted by Crippen LogP contribution is -2.25. The highest BCUT2D eigenvalue weighted by molar-refractivity contribution is 5.99. The maximum absolute atomic E-state index is 2.31. The average molecular weight is 320 g/mol. The fraction of sp³-hybridized carbons (Fsp3) is 0.120. The van der Waals surface area contributed by atoms with Crippen LogP contribution < -0.4 is 0 Å². The lowest BCUT2D eigenvalue weighted by atomic mass is 9.70. The molecular weight excluding hydrogens is 300 g/mol. The number of fused-ring (bicyclic) bond motifs is 7. The van der Waals surface area contributed by atoms with Crippen LogP contribution in [0.1, 0.15) is 36.1 Å². The van der Waals surface area contributed by atoms with Gasteiger partial charge in [-0.3, -0.25) is 0 Å². The van der Waals surface area contributed by atoms with E-state index < -0.39 is 0 Å². The molecule has 0 aliphatic heterocycles. The van der Waals surface area contributed by atoms with E-state index in [9.17, 15) is 0 Å². The Morgan fingerprint density at radius 1 is 0.560 bits per heavy atom. The largest absolute Gasteiger partial charge is 0.0822 e. The highest BCUT2D eigenvalue weighted by Crippen LogP contribution is 2.63. The Morgan fingerprint density at radius 3 is 1.48 bits per heavy atom. The second-order valence-corrected chi connectivity index (χ2v) is 6.79. The average Bonchev–Trinajstić information content (AvgIpc) is 3.14. The summed E-state index contributed by atoms with van der Waals surface area (Å²) in [4.78, 5) is 0. The first-order valence-electron chi connectivity index (χ1n) is 8.96. The maximum atomic E-state index is 2.31. The predicted octanol–water partition coefficient (Wildman–Crippen LogP) is 6.36. The van der Waals surface area contributed by atoms with Crippen LogP contribution >= 0.6 is 0 Å². The van der Waals surface area contributed by atoms with Gasteiger partial charge in [-0.15, -0.1) is 0 Å². The van der Waals surface area contributed by atoms with Crippen LogP contribution in [0.5, 0.6) is 0 Å². The van der Waals surface area contributed by atoms with Gasteiger partial charge in [0.2, 0.25) is 0 Å². The Hall–Kier alpha value is -2.86. The molecule has 0 heteroatoms. The highest BCUT2D eigenvalue weighted by atomic mass is 14.5. The van der Waals surface area contributed by atoms with E-state index in [1.165, 1.54) is 44.5 Å². The molecule has 0 saturated carbocycles. The first-order valence-corrected chi connectivity index (χ1v) is 8.96. The van der Waals surface area contributed by atoms with Crippen molar-refractivity contribution in [3.8, 4) is 11.1 Å². The molecule has 0 bridgehead atoms. The smallest absolute Gasteiger partial charge is 0.0722 e. The molecule has 0 N–H and O–H groups in total. The standard InChI is InChI=1S/C25H20/c1-3-17-18-11-5-8-14-22(18)25(21(17)4-2)23-15-9-6-12-19(23)20-13-7-10-16-24(20)25/h3-16H,1-2H3/b17-3?,21-4+. The van der Waals surface area contributed by atoms with Crippen LogP contribution in [0.2, 0.25) is 0 Å². The molecule has 3 aromatic carbocycles. The van der Waals surface area contributed by atoms with Gasteiger partial charge in [-0.05, 0) is 58.4 Å². The minimum absolute atomic E-state index is 0.180. The molecule has 0 atom stereocenters. The van der Waals surface area contributed by atoms with Crippen LogP contribution in [-0.2, 0) is 5.41 Å². The molecule has 2 aliphatic rings. The van der Waals surface area contributed by atoms with Gasteiger partial charge in [-0.1, -0.05) is 84.9 Å². The molecule has 0 nitrogen and oxygen atoms in total. The van der Waals surface area contributed by atoms with Gasteiger partial charge in [-0.2, -0.15) is 0 Å². The first-order chi connectivity index (χ1) is 12.3. The summed E-state index contributed by atoms with van der Waals surface area (Å²) in [6, 6.07) is 26.7. The maximum Gasteiger partial charge on any atom is 0.0722 e. The zero-order chi connectivity index (χ0) is 17.0. The molecule has 0 aromatic heterocycles. The molecule has 0 radical (unpaired) electrons. The molecule has 2 aliphatic carbocycles. The summed E-state index contributed by atoms with van der Waals surface area (Å²) in [6.07, 6.45) is 4.58. The second kappa shape index (κ2) is 5.07. The van der Waals surface area contributed by atoms with Crippen LogP contribution in [0.25, 0.3) is 16.7 Å². The van der Waals surface area contributed by atoms with Crippen molar-refractivity contribution < 1.29 is 0 Å². The van der Waals surface area contributed by atoms with Crippen LogP contribution in [0.15, 0.2) is 90.5 Å². The van der Waals surface area contributed by atoms with Gasteiger partial charge < -0.3 is 0 Å². The van der Waals surface area contributed by atoms with Crippen molar-refractivity contribution in [1.82, 2.24) is 0 Å². The van der Waals surface area contributed by atoms with E-state index in [1.807, 2.05) is 0 Å². The summed E-state index contributed by atoms with van der Waals surface area (Å²) >= 11 is 0. The quantitative estimate of drug-likeness (QED) is 0.452. The van der Waals surface area contributed by atoms with E-state index >= 15 is 0 Å². The second-order valence-electron chi connectivity index (χ2n) is 6.79. The monoisotopic (exact) mass is 320 g/mol. The Bertz CT molecular complexity index is 1020. The molecule has 120 valence electrons. The molecule has 25 heavy (non-hydrogen) atoms. The third-order valence-electron chi connectivity index (χ3n) is 5.85. The van der Waals surface area contributed by atoms with E-state index in [1.54, 1.807) is 0 Å². The van der Waals surface area contributed by atoms with Gasteiger partial charge in [0.15, 0.2) is 0 Å². The topological polar surface area (TPSA) is 0 Å². The zero-order valence-electron chi connectivity index (χ0n) is 14.6. The Labute approximate surface area is 149 Å². The molecule has 0 fully saturated rings. The van der Waals surface area contributed by atoms with E-state index in [-0.39, 0.29) is 5.41 Å². The number of benzene rings is 3. The lowest BCUT2D eigenvalue weighted by Gasteiger charge is -2.30. The molecule has 0 unspecified atom stereocenters. The van der Waals surface area contributed by atoms with Crippen LogP contribution in [0.3, 0.4) is 0 Å². The summed E-state index contributed by atoms with van der Waals surface area (Å²) in [6.45, 7) is 4.33. The van der Waals surface area contributed by atoms with Crippen molar-refractivity contribution in [2.45, 2.75) is 19.3 Å². The summed E-state index contributed by atoms with van der Waals surface area (Å²) in [7, 11) is 0. The lowest BCUT2D eigenvalue weighted by molar-refractivity contribution is 0.792. The van der Waals surface area contributed by atoms with E-state index in [0.717, 1.165) is 0 Å².